The van der Waals surface area contributed by atoms with E-state index < -0.39 is 5.60 Å². The van der Waals surface area contributed by atoms with E-state index >= 15 is 0 Å². The number of nitrogens with two attached hydrogens (primary N) is 2. The average Bonchev–Trinajstić information content (AvgIpc) is 2.88. The van der Waals surface area contributed by atoms with E-state index in [1.165, 1.54) is 0 Å². The van der Waals surface area contributed by atoms with Crippen LogP contribution < -0.4 is 21.7 Å². The van der Waals surface area contributed by atoms with Gasteiger partial charge in [0.15, 0.2) is 0 Å². The first-order chi connectivity index (χ1) is 19.1. The third kappa shape index (κ3) is 13.6. The van der Waals surface area contributed by atoms with E-state index in [0.717, 1.165) is 45.1 Å². The van der Waals surface area contributed by atoms with Crippen LogP contribution in [0.3, 0.4) is 0 Å². The predicted octanol–water partition coefficient (Wildman–Crippen LogP) is 3.86. The smallest absolute Gasteiger partial charge is 0.410 e. The Hall–Kier alpha value is -3.51. The predicted molar refractivity (Wildman–Crippen MR) is 163 cm³/mol. The van der Waals surface area contributed by atoms with Crippen LogP contribution in [0.1, 0.15) is 41.5 Å². The molecule has 0 bridgehead atoms. The van der Waals surface area contributed by atoms with Gasteiger partial charge in [0.05, 0.1) is 0 Å². The topological polar surface area (TPSA) is 152 Å². The number of pyridine rings is 2. The molecule has 0 spiro atoms. The summed E-state index contributed by atoms with van der Waals surface area (Å²) in [4.78, 5) is 37.1. The van der Waals surface area contributed by atoms with Crippen molar-refractivity contribution in [3.63, 3.8) is 0 Å². The van der Waals surface area contributed by atoms with Crippen LogP contribution in [-0.4, -0.2) is 95.5 Å². The van der Waals surface area contributed by atoms with Crippen LogP contribution in [0.5, 0.6) is 0 Å². The largest absolute Gasteiger partial charge is 0.444 e. The molecule has 2 saturated heterocycles. The Bertz CT molecular complexity index is 1090. The Morgan fingerprint density at radius 1 is 0.756 bits per heavy atom. The van der Waals surface area contributed by atoms with Gasteiger partial charge in [0.25, 0.3) is 0 Å². The molecule has 2 aromatic rings. The van der Waals surface area contributed by atoms with Crippen LogP contribution in [0.25, 0.3) is 0 Å². The van der Waals surface area contributed by atoms with Crippen LogP contribution >= 0.6 is 11.6 Å². The number of halogens is 1. The second-order valence-corrected chi connectivity index (χ2v) is 11.9. The highest BCUT2D eigenvalue weighted by molar-refractivity contribution is 6.29. The second-order valence-electron chi connectivity index (χ2n) is 11.5. The van der Waals surface area contributed by atoms with Crippen LogP contribution in [0.4, 0.5) is 27.0 Å². The molecule has 228 valence electrons. The molecule has 2 aromatic heterocycles. The first kappa shape index (κ1) is 33.7. The summed E-state index contributed by atoms with van der Waals surface area (Å²) < 4.78 is 10.6. The first-order valence-electron chi connectivity index (χ1n) is 13.6. The minimum absolute atomic E-state index is 0.200. The molecule has 13 heteroatoms. The number of rotatable bonds is 1. The molecule has 2 fully saturated rings. The average molecular weight is 593 g/mol. The number of carbonyl (C=O) groups excluding carboxylic acids is 2. The molecule has 2 aliphatic rings. The van der Waals surface area contributed by atoms with Gasteiger partial charge in [-0.15, -0.1) is 0 Å². The quantitative estimate of drug-likeness (QED) is 0.416. The molecular weight excluding hydrogens is 548 g/mol. The van der Waals surface area contributed by atoms with E-state index in [4.69, 9.17) is 32.5 Å². The van der Waals surface area contributed by atoms with Gasteiger partial charge in [-0.25, -0.2) is 19.6 Å². The highest BCUT2D eigenvalue weighted by Crippen LogP contribution is 2.17. The number of anilines is 3. The van der Waals surface area contributed by atoms with Gasteiger partial charge in [-0.3, -0.25) is 0 Å². The van der Waals surface area contributed by atoms with Crippen molar-refractivity contribution >= 4 is 41.2 Å². The summed E-state index contributed by atoms with van der Waals surface area (Å²) in [6.07, 6.45) is -0.452. The van der Waals surface area contributed by atoms with E-state index in [9.17, 15) is 9.59 Å². The van der Waals surface area contributed by atoms with E-state index in [1.54, 1.807) is 34.1 Å². The van der Waals surface area contributed by atoms with Crippen molar-refractivity contribution in [1.29, 1.82) is 0 Å². The van der Waals surface area contributed by atoms with Crippen molar-refractivity contribution in [3.8, 4) is 0 Å². The van der Waals surface area contributed by atoms with Crippen molar-refractivity contribution in [2.24, 2.45) is 0 Å². The van der Waals surface area contributed by atoms with Crippen LogP contribution in [0.15, 0.2) is 36.4 Å². The number of nitrogens with zero attached hydrogens (tertiary/aromatic N) is 5. The van der Waals surface area contributed by atoms with Crippen molar-refractivity contribution in [2.45, 2.75) is 52.7 Å². The summed E-state index contributed by atoms with van der Waals surface area (Å²) >= 11 is 5.45. The normalized spacial score (nSPS) is 15.5. The fourth-order valence-electron chi connectivity index (χ4n) is 3.66. The standard InChI is InChI=1S/C14H22N4O2.C9H18N2O2.C5H5ClN2/c1-14(2,3)20-13(19)18-9-7-17(8-10-18)12-6-4-5-11(15)16-12;1-9(2,3)13-8(12)11-6-4-10-5-7-11;6-4-2-1-3-5(7)8-4/h4-6H,7-10H2,1-3H3,(H2,15,16);10H,4-7H2,1-3H3;1-3H,(H2,7,8). The molecule has 4 heterocycles. The summed E-state index contributed by atoms with van der Waals surface area (Å²) in [7, 11) is 0. The van der Waals surface area contributed by atoms with E-state index in [1.807, 2.05) is 53.7 Å². The molecule has 0 unspecified atom stereocenters. The number of carbonyl (C=O) groups is 2. The number of hydrogen-bond donors (Lipinski definition) is 3. The molecule has 0 aliphatic carbocycles. The third-order valence-corrected chi connectivity index (χ3v) is 5.73. The number of piperazine rings is 2. The molecule has 0 radical (unpaired) electrons. The van der Waals surface area contributed by atoms with Gasteiger partial charge >= 0.3 is 12.2 Å². The van der Waals surface area contributed by atoms with Crippen molar-refractivity contribution < 1.29 is 19.1 Å². The summed E-state index contributed by atoms with van der Waals surface area (Å²) in [6, 6.07) is 10.7. The van der Waals surface area contributed by atoms with E-state index in [-0.39, 0.29) is 17.8 Å². The summed E-state index contributed by atoms with van der Waals surface area (Å²) in [5.41, 5.74) is 10.1. The highest BCUT2D eigenvalue weighted by Gasteiger charge is 2.26. The SMILES string of the molecule is CC(C)(C)OC(=O)N1CCN(c2cccc(N)n2)CC1.CC(C)(C)OC(=O)N1CCNCC1.Nc1cccc(Cl)n1. The lowest BCUT2D eigenvalue weighted by atomic mass is 10.2. The van der Waals surface area contributed by atoms with Gasteiger partial charge < -0.3 is 41.0 Å². The molecular formula is C28H45ClN8O4. The lowest BCUT2D eigenvalue weighted by Gasteiger charge is -2.36. The maximum Gasteiger partial charge on any atom is 0.410 e. The minimum Gasteiger partial charge on any atom is -0.444 e. The molecule has 41 heavy (non-hydrogen) atoms. The maximum absolute atomic E-state index is 12.0. The summed E-state index contributed by atoms with van der Waals surface area (Å²) in [5, 5.41) is 3.62. The molecule has 4 rings (SSSR count). The van der Waals surface area contributed by atoms with Gasteiger partial charge in [-0.1, -0.05) is 23.7 Å². The molecule has 0 atom stereocenters. The van der Waals surface area contributed by atoms with Gasteiger partial charge in [-0.2, -0.15) is 0 Å². The molecule has 0 saturated carbocycles. The zero-order valence-corrected chi connectivity index (χ0v) is 25.8. The second kappa shape index (κ2) is 15.5. The van der Waals surface area contributed by atoms with E-state index in [2.05, 4.69) is 20.2 Å². The lowest BCUT2D eigenvalue weighted by Crippen LogP contribution is -2.50. The van der Waals surface area contributed by atoms with Crippen LogP contribution in [0, 0.1) is 0 Å². The van der Waals surface area contributed by atoms with Crippen molar-refractivity contribution in [2.75, 3.05) is 68.7 Å². The maximum atomic E-state index is 12.0. The minimum atomic E-state index is -0.455. The van der Waals surface area contributed by atoms with E-state index in [0.29, 0.717) is 29.9 Å². The Kier molecular flexibility index (Phi) is 12.7. The molecule has 12 nitrogen and oxygen atoms in total. The fourth-order valence-corrected chi connectivity index (χ4v) is 3.83. The zero-order chi connectivity index (χ0) is 30.6. The Morgan fingerprint density at radius 3 is 1.63 bits per heavy atom. The highest BCUT2D eigenvalue weighted by atomic mass is 35.5. The number of amides is 2. The Morgan fingerprint density at radius 2 is 1.22 bits per heavy atom. The van der Waals surface area contributed by atoms with Crippen molar-refractivity contribution in [1.82, 2.24) is 25.1 Å². The fraction of sp³-hybridized carbons (Fsp3) is 0.571. The number of aromatic nitrogens is 2. The lowest BCUT2D eigenvalue weighted by molar-refractivity contribution is 0.0223. The third-order valence-electron chi connectivity index (χ3n) is 5.52. The molecule has 2 amide bonds. The van der Waals surface area contributed by atoms with Crippen LogP contribution in [-0.2, 0) is 9.47 Å². The summed E-state index contributed by atoms with van der Waals surface area (Å²) in [5.74, 6) is 1.82. The molecule has 5 N–H and O–H groups in total. The van der Waals surface area contributed by atoms with Gasteiger partial charge in [0.2, 0.25) is 0 Å². The Labute approximate surface area is 248 Å². The number of hydrogen-bond acceptors (Lipinski definition) is 10. The van der Waals surface area contributed by atoms with Gasteiger partial charge in [0, 0.05) is 52.4 Å². The number of nitrogen functional groups attached to an aromatic ring is 2. The molecule has 0 aromatic carbocycles. The van der Waals surface area contributed by atoms with Crippen molar-refractivity contribution in [3.05, 3.63) is 41.6 Å². The number of ether oxygens (including phenoxy) is 2. The zero-order valence-electron chi connectivity index (χ0n) is 25.0. The van der Waals surface area contributed by atoms with Crippen LogP contribution in [0.2, 0.25) is 5.15 Å². The number of nitrogens with one attached hydrogen (secondary N) is 1. The summed E-state index contributed by atoms with van der Waals surface area (Å²) in [6.45, 7) is 17.2. The first-order valence-corrected chi connectivity index (χ1v) is 14.0. The Balaban J connectivity index is 0.000000239. The van der Waals surface area contributed by atoms with Gasteiger partial charge in [0.1, 0.15) is 33.8 Å². The van der Waals surface area contributed by atoms with Gasteiger partial charge in [-0.05, 0) is 65.8 Å². The molecule has 2 aliphatic heterocycles. The monoisotopic (exact) mass is 592 g/mol.